The summed E-state index contributed by atoms with van der Waals surface area (Å²) in [6, 6.07) is 6.33. The van der Waals surface area contributed by atoms with Crippen molar-refractivity contribution in [3.63, 3.8) is 0 Å². The second kappa shape index (κ2) is 11.2. The van der Waals surface area contributed by atoms with Gasteiger partial charge < -0.3 is 15.4 Å². The standard InChI is InChI=1S/C16H25BrN4O.HI/c1-13-11-15(17)4-3-14(13)12-20-16(18-2)19-5-6-21-7-9-22-10-8-21;/h3-4,11H,5-10,12H2,1-2H3,(H2,18,19,20);1H. The molecule has 23 heavy (non-hydrogen) atoms. The van der Waals surface area contributed by atoms with Crippen molar-refractivity contribution in [3.05, 3.63) is 33.8 Å². The predicted octanol–water partition coefficient (Wildman–Crippen LogP) is 2.37. The molecule has 0 bridgehead atoms. The molecule has 1 saturated heterocycles. The van der Waals surface area contributed by atoms with Gasteiger partial charge in [-0.1, -0.05) is 22.0 Å². The summed E-state index contributed by atoms with van der Waals surface area (Å²) < 4.78 is 6.47. The summed E-state index contributed by atoms with van der Waals surface area (Å²) in [7, 11) is 1.80. The molecule has 1 aromatic carbocycles. The lowest BCUT2D eigenvalue weighted by atomic mass is 10.1. The van der Waals surface area contributed by atoms with Crippen molar-refractivity contribution in [1.82, 2.24) is 15.5 Å². The van der Waals surface area contributed by atoms with Crippen LogP contribution in [-0.2, 0) is 11.3 Å². The molecule has 0 atom stereocenters. The highest BCUT2D eigenvalue weighted by Gasteiger charge is 2.09. The Labute approximate surface area is 164 Å². The molecule has 0 aromatic heterocycles. The van der Waals surface area contributed by atoms with Crippen LogP contribution in [0.15, 0.2) is 27.7 Å². The minimum atomic E-state index is 0. The fourth-order valence-electron chi connectivity index (χ4n) is 2.41. The summed E-state index contributed by atoms with van der Waals surface area (Å²) in [4.78, 5) is 6.68. The van der Waals surface area contributed by atoms with Crippen LogP contribution in [0.4, 0.5) is 0 Å². The van der Waals surface area contributed by atoms with E-state index in [1.54, 1.807) is 7.05 Å². The number of hydrogen-bond donors (Lipinski definition) is 2. The highest BCUT2D eigenvalue weighted by atomic mass is 127. The normalized spacial score (nSPS) is 15.9. The summed E-state index contributed by atoms with van der Waals surface area (Å²) in [5.74, 6) is 0.843. The van der Waals surface area contributed by atoms with Gasteiger partial charge in [-0.15, -0.1) is 24.0 Å². The van der Waals surface area contributed by atoms with Gasteiger partial charge in [0, 0.05) is 44.2 Å². The molecule has 1 aromatic rings. The van der Waals surface area contributed by atoms with Crippen LogP contribution in [0.2, 0.25) is 0 Å². The third-order valence-electron chi connectivity index (χ3n) is 3.80. The molecule has 1 fully saturated rings. The lowest BCUT2D eigenvalue weighted by Gasteiger charge is -2.26. The second-order valence-corrected chi connectivity index (χ2v) is 6.29. The number of benzene rings is 1. The van der Waals surface area contributed by atoms with E-state index in [1.165, 1.54) is 11.1 Å². The zero-order valence-electron chi connectivity index (χ0n) is 13.8. The number of ether oxygens (including phenoxy) is 1. The van der Waals surface area contributed by atoms with Gasteiger partial charge in [-0.3, -0.25) is 9.89 Å². The molecular formula is C16H26BrIN4O. The van der Waals surface area contributed by atoms with E-state index in [0.717, 1.165) is 56.4 Å². The quantitative estimate of drug-likeness (QED) is 0.373. The van der Waals surface area contributed by atoms with Gasteiger partial charge in [0.05, 0.1) is 13.2 Å². The van der Waals surface area contributed by atoms with Crippen molar-refractivity contribution < 1.29 is 4.74 Å². The third-order valence-corrected chi connectivity index (χ3v) is 4.29. The lowest BCUT2D eigenvalue weighted by molar-refractivity contribution is 0.0389. The van der Waals surface area contributed by atoms with Crippen LogP contribution >= 0.6 is 39.9 Å². The number of hydrogen-bond acceptors (Lipinski definition) is 3. The Morgan fingerprint density at radius 1 is 1.30 bits per heavy atom. The van der Waals surface area contributed by atoms with Crippen molar-refractivity contribution in [2.75, 3.05) is 46.4 Å². The molecule has 1 aliphatic heterocycles. The Morgan fingerprint density at radius 3 is 2.70 bits per heavy atom. The molecule has 0 spiro atoms. The second-order valence-electron chi connectivity index (χ2n) is 5.38. The molecule has 0 amide bonds. The minimum Gasteiger partial charge on any atom is -0.379 e. The van der Waals surface area contributed by atoms with E-state index in [2.05, 4.69) is 61.6 Å². The third kappa shape index (κ3) is 7.36. The smallest absolute Gasteiger partial charge is 0.191 e. The van der Waals surface area contributed by atoms with Crippen LogP contribution in [0.25, 0.3) is 0 Å². The fraction of sp³-hybridized carbons (Fsp3) is 0.562. The fourth-order valence-corrected chi connectivity index (χ4v) is 2.89. The zero-order chi connectivity index (χ0) is 15.8. The Bertz CT molecular complexity index is 507. The molecule has 7 heteroatoms. The van der Waals surface area contributed by atoms with E-state index < -0.39 is 0 Å². The average molecular weight is 497 g/mol. The van der Waals surface area contributed by atoms with Gasteiger partial charge in [0.15, 0.2) is 5.96 Å². The number of rotatable bonds is 5. The van der Waals surface area contributed by atoms with Crippen LogP contribution < -0.4 is 10.6 Å². The van der Waals surface area contributed by atoms with E-state index in [4.69, 9.17) is 4.74 Å². The van der Waals surface area contributed by atoms with Gasteiger partial charge in [-0.05, 0) is 30.2 Å². The van der Waals surface area contributed by atoms with Gasteiger partial charge in [-0.25, -0.2) is 0 Å². The monoisotopic (exact) mass is 496 g/mol. The van der Waals surface area contributed by atoms with Crippen LogP contribution in [0.3, 0.4) is 0 Å². The molecule has 2 N–H and O–H groups in total. The highest BCUT2D eigenvalue weighted by molar-refractivity contribution is 14.0. The molecule has 0 saturated carbocycles. The maximum absolute atomic E-state index is 5.35. The van der Waals surface area contributed by atoms with E-state index in [-0.39, 0.29) is 24.0 Å². The Morgan fingerprint density at radius 2 is 2.04 bits per heavy atom. The largest absolute Gasteiger partial charge is 0.379 e. The molecule has 0 radical (unpaired) electrons. The van der Waals surface area contributed by atoms with Crippen molar-refractivity contribution in [2.45, 2.75) is 13.5 Å². The van der Waals surface area contributed by atoms with Crippen LogP contribution in [0.1, 0.15) is 11.1 Å². The number of nitrogens with one attached hydrogen (secondary N) is 2. The Hall–Kier alpha value is -0.380. The Balaban J connectivity index is 0.00000264. The molecule has 130 valence electrons. The highest BCUT2D eigenvalue weighted by Crippen LogP contribution is 2.15. The molecule has 1 aliphatic rings. The molecule has 5 nitrogen and oxygen atoms in total. The first-order valence-corrected chi connectivity index (χ1v) is 8.48. The molecule has 2 rings (SSSR count). The van der Waals surface area contributed by atoms with E-state index in [1.807, 2.05) is 0 Å². The van der Waals surface area contributed by atoms with Gasteiger partial charge >= 0.3 is 0 Å². The number of morpholine rings is 1. The molecule has 0 aliphatic carbocycles. The maximum atomic E-state index is 5.35. The summed E-state index contributed by atoms with van der Waals surface area (Å²) in [6.07, 6.45) is 0. The summed E-state index contributed by atoms with van der Waals surface area (Å²) in [5, 5.41) is 6.73. The van der Waals surface area contributed by atoms with E-state index in [0.29, 0.717) is 0 Å². The van der Waals surface area contributed by atoms with Crippen molar-refractivity contribution >= 4 is 45.9 Å². The number of aryl methyl sites for hydroxylation is 1. The van der Waals surface area contributed by atoms with Crippen LogP contribution in [-0.4, -0.2) is 57.3 Å². The summed E-state index contributed by atoms with van der Waals surface area (Å²) >= 11 is 3.49. The zero-order valence-corrected chi connectivity index (χ0v) is 17.7. The van der Waals surface area contributed by atoms with Gasteiger partial charge in [0.25, 0.3) is 0 Å². The van der Waals surface area contributed by atoms with E-state index in [9.17, 15) is 0 Å². The first kappa shape index (κ1) is 20.7. The van der Waals surface area contributed by atoms with Gasteiger partial charge in [0.2, 0.25) is 0 Å². The Kier molecular flexibility index (Phi) is 10.1. The minimum absolute atomic E-state index is 0. The SMILES string of the molecule is CN=C(NCCN1CCOCC1)NCc1ccc(Br)cc1C.I. The molecule has 0 unspecified atom stereocenters. The average Bonchev–Trinajstić information content (AvgIpc) is 2.53. The van der Waals surface area contributed by atoms with Crippen molar-refractivity contribution in [1.29, 1.82) is 0 Å². The maximum Gasteiger partial charge on any atom is 0.191 e. The van der Waals surface area contributed by atoms with Crippen molar-refractivity contribution in [2.24, 2.45) is 4.99 Å². The molecular weight excluding hydrogens is 471 g/mol. The predicted molar refractivity (Wildman–Crippen MR) is 110 cm³/mol. The first-order valence-electron chi connectivity index (χ1n) is 7.68. The summed E-state index contributed by atoms with van der Waals surface area (Å²) in [5.41, 5.74) is 2.55. The van der Waals surface area contributed by atoms with Gasteiger partial charge in [0.1, 0.15) is 0 Å². The number of nitrogens with zero attached hydrogens (tertiary/aromatic N) is 2. The first-order chi connectivity index (χ1) is 10.7. The number of aliphatic imine (C=N–C) groups is 1. The van der Waals surface area contributed by atoms with E-state index >= 15 is 0 Å². The van der Waals surface area contributed by atoms with Gasteiger partial charge in [-0.2, -0.15) is 0 Å². The van der Waals surface area contributed by atoms with Crippen LogP contribution in [0.5, 0.6) is 0 Å². The summed E-state index contributed by atoms with van der Waals surface area (Å²) in [6.45, 7) is 8.52. The number of guanidine groups is 1. The lowest BCUT2D eigenvalue weighted by Crippen LogP contribution is -2.44. The van der Waals surface area contributed by atoms with Crippen molar-refractivity contribution in [3.8, 4) is 0 Å². The topological polar surface area (TPSA) is 48.9 Å². The number of halogens is 2. The van der Waals surface area contributed by atoms with Crippen LogP contribution in [0, 0.1) is 6.92 Å². The molecule has 1 heterocycles.